The summed E-state index contributed by atoms with van der Waals surface area (Å²) in [5, 5.41) is 13.4. The van der Waals surface area contributed by atoms with E-state index in [-0.39, 0.29) is 18.7 Å². The van der Waals surface area contributed by atoms with Gasteiger partial charge in [0.2, 0.25) is 0 Å². The van der Waals surface area contributed by atoms with E-state index in [9.17, 15) is 9.90 Å². The summed E-state index contributed by atoms with van der Waals surface area (Å²) >= 11 is 1.62. The third-order valence-corrected chi connectivity index (χ3v) is 6.46. The van der Waals surface area contributed by atoms with E-state index in [2.05, 4.69) is 4.98 Å². The Bertz CT molecular complexity index is 1230. The van der Waals surface area contributed by atoms with Crippen LogP contribution >= 0.6 is 11.3 Å². The highest BCUT2D eigenvalue weighted by Gasteiger charge is 2.21. The molecule has 0 fully saturated rings. The number of aromatic nitrogens is 2. The lowest BCUT2D eigenvalue weighted by atomic mass is 10.1. The Balaban J connectivity index is 1.31. The zero-order valence-electron chi connectivity index (χ0n) is 15.3. The van der Waals surface area contributed by atoms with Crippen LogP contribution in [0.3, 0.4) is 0 Å². The number of aryl methyl sites for hydroxylation is 2. The average molecular weight is 392 g/mol. The van der Waals surface area contributed by atoms with E-state index in [0.29, 0.717) is 5.75 Å². The molecule has 1 unspecified atom stereocenters. The number of aliphatic hydroxyl groups is 1. The van der Waals surface area contributed by atoms with Crippen LogP contribution in [0.2, 0.25) is 0 Å². The molecule has 1 aliphatic rings. The monoisotopic (exact) mass is 392 g/mol. The summed E-state index contributed by atoms with van der Waals surface area (Å²) in [5.74, 6) is 0.703. The Morgan fingerprint density at radius 2 is 2.04 bits per heavy atom. The number of rotatable bonds is 5. The van der Waals surface area contributed by atoms with Crippen LogP contribution in [0, 0.1) is 0 Å². The van der Waals surface area contributed by atoms with Crippen molar-refractivity contribution >= 4 is 32.3 Å². The van der Waals surface area contributed by atoms with Gasteiger partial charge in [-0.1, -0.05) is 30.3 Å². The lowest BCUT2D eigenvalue weighted by Crippen LogP contribution is -2.30. The van der Waals surface area contributed by atoms with Crippen LogP contribution in [0.15, 0.2) is 53.6 Å². The van der Waals surface area contributed by atoms with E-state index >= 15 is 0 Å². The lowest BCUT2D eigenvalue weighted by Gasteiger charge is -2.14. The van der Waals surface area contributed by atoms with Crippen LogP contribution in [-0.4, -0.2) is 27.4 Å². The van der Waals surface area contributed by atoms with E-state index in [1.165, 1.54) is 15.8 Å². The minimum atomic E-state index is -0.796. The Hall–Kier alpha value is -2.70. The molecule has 2 aromatic heterocycles. The second-order valence-corrected chi connectivity index (χ2v) is 8.30. The summed E-state index contributed by atoms with van der Waals surface area (Å²) in [6, 6.07) is 13.9. The summed E-state index contributed by atoms with van der Waals surface area (Å²) in [6.45, 7) is 0.282. The number of ether oxygens (including phenoxy) is 1. The topological polar surface area (TPSA) is 64.4 Å². The number of nitrogens with zero attached hydrogens (tertiary/aromatic N) is 2. The summed E-state index contributed by atoms with van der Waals surface area (Å²) < 4.78 is 7.25. The minimum absolute atomic E-state index is 0.0610. The number of benzene rings is 2. The number of thiophene rings is 1. The maximum atomic E-state index is 12.9. The predicted octanol–water partition coefficient (Wildman–Crippen LogP) is 3.54. The van der Waals surface area contributed by atoms with Gasteiger partial charge in [-0.05, 0) is 47.7 Å². The quantitative estimate of drug-likeness (QED) is 0.564. The number of hydrogen-bond donors (Lipinski definition) is 1. The molecule has 1 aliphatic carbocycles. The van der Waals surface area contributed by atoms with Crippen LogP contribution in [0.1, 0.15) is 16.9 Å². The molecule has 0 radical (unpaired) electrons. The Morgan fingerprint density at radius 3 is 2.93 bits per heavy atom. The average Bonchev–Trinajstić information content (AvgIpc) is 3.29. The fourth-order valence-corrected chi connectivity index (χ4v) is 5.10. The molecule has 142 valence electrons. The maximum Gasteiger partial charge on any atom is 0.262 e. The largest absolute Gasteiger partial charge is 0.491 e. The molecule has 6 heteroatoms. The predicted molar refractivity (Wildman–Crippen MR) is 111 cm³/mol. The van der Waals surface area contributed by atoms with Crippen LogP contribution in [-0.2, 0) is 19.4 Å². The molecule has 0 saturated carbocycles. The van der Waals surface area contributed by atoms with E-state index in [1.54, 1.807) is 11.3 Å². The van der Waals surface area contributed by atoms with E-state index in [1.807, 2.05) is 42.5 Å². The molecule has 5 nitrogen and oxygen atoms in total. The molecule has 28 heavy (non-hydrogen) atoms. The molecular weight excluding hydrogens is 372 g/mol. The highest BCUT2D eigenvalue weighted by atomic mass is 32.1. The van der Waals surface area contributed by atoms with Crippen molar-refractivity contribution in [1.82, 2.24) is 9.55 Å². The summed E-state index contributed by atoms with van der Waals surface area (Å²) in [7, 11) is 0. The molecule has 0 amide bonds. The first-order chi connectivity index (χ1) is 13.7. The van der Waals surface area contributed by atoms with E-state index in [4.69, 9.17) is 4.74 Å². The first-order valence-electron chi connectivity index (χ1n) is 9.48. The number of fused-ring (bicyclic) bond motifs is 4. The summed E-state index contributed by atoms with van der Waals surface area (Å²) in [4.78, 5) is 19.4. The molecule has 0 aliphatic heterocycles. The van der Waals surface area contributed by atoms with Gasteiger partial charge in [-0.25, -0.2) is 4.98 Å². The van der Waals surface area contributed by atoms with Crippen LogP contribution < -0.4 is 10.3 Å². The van der Waals surface area contributed by atoms with Crippen molar-refractivity contribution < 1.29 is 9.84 Å². The number of hydrogen-bond acceptors (Lipinski definition) is 5. The Morgan fingerprint density at radius 1 is 1.18 bits per heavy atom. The molecule has 4 aromatic rings. The van der Waals surface area contributed by atoms with Crippen molar-refractivity contribution in [3.8, 4) is 5.75 Å². The molecule has 1 N–H and O–H groups in total. The van der Waals surface area contributed by atoms with Crippen LogP contribution in [0.5, 0.6) is 5.75 Å². The van der Waals surface area contributed by atoms with Crippen molar-refractivity contribution in [2.45, 2.75) is 31.9 Å². The van der Waals surface area contributed by atoms with Crippen molar-refractivity contribution in [1.29, 1.82) is 0 Å². The van der Waals surface area contributed by atoms with Crippen molar-refractivity contribution in [2.24, 2.45) is 0 Å². The van der Waals surface area contributed by atoms with E-state index < -0.39 is 6.10 Å². The zero-order valence-corrected chi connectivity index (χ0v) is 16.1. The van der Waals surface area contributed by atoms with Crippen molar-refractivity contribution in [3.05, 3.63) is 69.6 Å². The first-order valence-corrected chi connectivity index (χ1v) is 10.3. The SMILES string of the molecule is O=c1c2c3c(sc2ncn1CC(O)COc1ccc2ccccc2c1)CCC3. The third kappa shape index (κ3) is 3.08. The van der Waals surface area contributed by atoms with Crippen molar-refractivity contribution in [2.75, 3.05) is 6.61 Å². The molecular formula is C22H20N2O3S. The van der Waals surface area contributed by atoms with Gasteiger partial charge in [0.1, 0.15) is 23.3 Å². The van der Waals surface area contributed by atoms with Gasteiger partial charge in [0.15, 0.2) is 0 Å². The molecule has 0 saturated heterocycles. The van der Waals surface area contributed by atoms with Gasteiger partial charge in [0.05, 0.1) is 18.3 Å². The Labute approximate surface area is 165 Å². The second kappa shape index (κ2) is 7.04. The molecule has 2 aromatic carbocycles. The Kier molecular flexibility index (Phi) is 4.37. The van der Waals surface area contributed by atoms with Gasteiger partial charge in [-0.3, -0.25) is 9.36 Å². The van der Waals surface area contributed by atoms with Gasteiger partial charge in [-0.15, -0.1) is 11.3 Å². The van der Waals surface area contributed by atoms with E-state index in [0.717, 1.165) is 45.8 Å². The molecule has 2 heterocycles. The maximum absolute atomic E-state index is 12.9. The lowest BCUT2D eigenvalue weighted by molar-refractivity contribution is 0.0915. The highest BCUT2D eigenvalue weighted by molar-refractivity contribution is 7.18. The molecule has 1 atom stereocenters. The van der Waals surface area contributed by atoms with Gasteiger partial charge < -0.3 is 9.84 Å². The summed E-state index contributed by atoms with van der Waals surface area (Å²) in [5.41, 5.74) is 1.10. The highest BCUT2D eigenvalue weighted by Crippen LogP contribution is 2.34. The van der Waals surface area contributed by atoms with Gasteiger partial charge >= 0.3 is 0 Å². The minimum Gasteiger partial charge on any atom is -0.491 e. The second-order valence-electron chi connectivity index (χ2n) is 7.21. The standard InChI is InChI=1S/C22H20N2O3S/c25-16(12-27-17-9-8-14-4-1-2-5-15(14)10-17)11-24-13-23-21-20(22(24)26)18-6-3-7-19(18)28-21/h1-2,4-5,8-10,13,16,25H,3,6-7,11-12H2. The van der Waals surface area contributed by atoms with Gasteiger partial charge in [0.25, 0.3) is 5.56 Å². The molecule has 0 bridgehead atoms. The summed E-state index contributed by atoms with van der Waals surface area (Å²) in [6.07, 6.45) is 3.83. The molecule has 5 rings (SSSR count). The fraction of sp³-hybridized carbons (Fsp3) is 0.273. The smallest absolute Gasteiger partial charge is 0.262 e. The van der Waals surface area contributed by atoms with Gasteiger partial charge in [0, 0.05) is 4.88 Å². The van der Waals surface area contributed by atoms with Gasteiger partial charge in [-0.2, -0.15) is 0 Å². The van der Waals surface area contributed by atoms with Crippen LogP contribution in [0.25, 0.3) is 21.0 Å². The first kappa shape index (κ1) is 17.4. The zero-order chi connectivity index (χ0) is 19.1. The molecule has 0 spiro atoms. The number of aliphatic hydroxyl groups excluding tert-OH is 1. The third-order valence-electron chi connectivity index (χ3n) is 5.26. The normalized spacial score (nSPS) is 14.5. The van der Waals surface area contributed by atoms with Crippen LogP contribution in [0.4, 0.5) is 0 Å². The van der Waals surface area contributed by atoms with Crippen molar-refractivity contribution in [3.63, 3.8) is 0 Å². The fourth-order valence-electron chi connectivity index (χ4n) is 3.88.